The number of ether oxygens (including phenoxy) is 1. The van der Waals surface area contributed by atoms with Gasteiger partial charge >= 0.3 is 5.97 Å². The van der Waals surface area contributed by atoms with Crippen LogP contribution in [-0.4, -0.2) is 15.7 Å². The van der Waals surface area contributed by atoms with Crippen molar-refractivity contribution >= 4 is 5.97 Å². The number of esters is 1. The van der Waals surface area contributed by atoms with Crippen LogP contribution >= 0.6 is 0 Å². The summed E-state index contributed by atoms with van der Waals surface area (Å²) < 4.78 is 7.47. The highest BCUT2D eigenvalue weighted by Crippen LogP contribution is 2.25. The molecule has 0 aliphatic rings. The largest absolute Gasteiger partial charge is 0.404 e. The zero-order valence-corrected chi connectivity index (χ0v) is 15.7. The van der Waals surface area contributed by atoms with Crippen LogP contribution < -0.4 is 4.74 Å². The van der Waals surface area contributed by atoms with Gasteiger partial charge in [0.15, 0.2) is 0 Å². The van der Waals surface area contributed by atoms with Gasteiger partial charge in [0.25, 0.3) is 0 Å². The van der Waals surface area contributed by atoms with E-state index in [1.807, 2.05) is 50.2 Å². The van der Waals surface area contributed by atoms with Crippen LogP contribution in [0.25, 0.3) is 5.69 Å². The van der Waals surface area contributed by atoms with Crippen LogP contribution in [0.3, 0.4) is 0 Å². The number of nitrogens with zero attached hydrogens (tertiary/aromatic N) is 2. The summed E-state index contributed by atoms with van der Waals surface area (Å²) >= 11 is 0. The molecule has 3 aromatic rings. The van der Waals surface area contributed by atoms with Crippen molar-refractivity contribution in [2.45, 2.75) is 40.5 Å². The lowest BCUT2D eigenvalue weighted by atomic mass is 10.1. The van der Waals surface area contributed by atoms with E-state index in [0.717, 1.165) is 35.3 Å². The summed E-state index contributed by atoms with van der Waals surface area (Å²) in [7, 11) is 0. The van der Waals surface area contributed by atoms with Gasteiger partial charge in [-0.3, -0.25) is 0 Å². The van der Waals surface area contributed by atoms with Gasteiger partial charge in [0.05, 0.1) is 16.9 Å². The van der Waals surface area contributed by atoms with E-state index < -0.39 is 0 Å². The van der Waals surface area contributed by atoms with Gasteiger partial charge in [0, 0.05) is 6.07 Å². The second-order valence-corrected chi connectivity index (χ2v) is 6.63. The first-order valence-electron chi connectivity index (χ1n) is 8.94. The second-order valence-electron chi connectivity index (χ2n) is 6.63. The molecule has 4 nitrogen and oxygen atoms in total. The molecule has 2 aromatic carbocycles. The lowest BCUT2D eigenvalue weighted by Crippen LogP contribution is -2.13. The molecule has 0 aliphatic carbocycles. The van der Waals surface area contributed by atoms with Gasteiger partial charge in [-0.25, -0.2) is 9.48 Å². The van der Waals surface area contributed by atoms with Gasteiger partial charge in [-0.05, 0) is 50.5 Å². The molecule has 0 unspecified atom stereocenters. The maximum absolute atomic E-state index is 12.7. The van der Waals surface area contributed by atoms with Gasteiger partial charge in [-0.1, -0.05) is 49.2 Å². The Bertz CT molecular complexity index is 941. The number of rotatable bonds is 5. The molecule has 0 saturated heterocycles. The maximum Gasteiger partial charge on any atom is 0.345 e. The normalized spacial score (nSPS) is 10.8. The minimum absolute atomic E-state index is 0.364. The first-order chi connectivity index (χ1) is 12.5. The van der Waals surface area contributed by atoms with Crippen molar-refractivity contribution < 1.29 is 9.53 Å². The standard InChI is InChI=1S/C22H24N2O2/c1-5-8-18-14-21(26-22(25)19-10-7-6-9-16(19)3)24(23-18)20-12-11-15(2)13-17(20)4/h6-7,9-14H,5,8H2,1-4H3. The summed E-state index contributed by atoms with van der Waals surface area (Å²) in [5, 5.41) is 4.67. The summed E-state index contributed by atoms with van der Waals surface area (Å²) in [5.74, 6) is 0.0886. The molecule has 0 N–H and O–H groups in total. The molecule has 0 fully saturated rings. The van der Waals surface area contributed by atoms with Gasteiger partial charge < -0.3 is 4.74 Å². The molecule has 0 spiro atoms. The highest BCUT2D eigenvalue weighted by Gasteiger charge is 2.18. The lowest BCUT2D eigenvalue weighted by molar-refractivity contribution is 0.0722. The van der Waals surface area contributed by atoms with Gasteiger partial charge in [0.1, 0.15) is 0 Å². The number of carbonyl (C=O) groups is 1. The maximum atomic E-state index is 12.7. The first kappa shape index (κ1) is 17.9. The molecule has 0 radical (unpaired) electrons. The van der Waals surface area contributed by atoms with Crippen LogP contribution in [0.15, 0.2) is 48.5 Å². The Morgan fingerprint density at radius 1 is 1.04 bits per heavy atom. The molecule has 0 bridgehead atoms. The fourth-order valence-corrected chi connectivity index (χ4v) is 3.03. The molecule has 0 amide bonds. The number of aromatic nitrogens is 2. The van der Waals surface area contributed by atoms with E-state index in [1.165, 1.54) is 5.56 Å². The van der Waals surface area contributed by atoms with Gasteiger partial charge in [0.2, 0.25) is 5.88 Å². The Hall–Kier alpha value is -2.88. The molecule has 4 heteroatoms. The van der Waals surface area contributed by atoms with Crippen molar-refractivity contribution in [1.29, 1.82) is 0 Å². The fraction of sp³-hybridized carbons (Fsp3) is 0.273. The predicted octanol–water partition coefficient (Wildman–Crippen LogP) is 4.97. The first-order valence-corrected chi connectivity index (χ1v) is 8.94. The molecule has 1 heterocycles. The number of aryl methyl sites for hydroxylation is 4. The summed E-state index contributed by atoms with van der Waals surface area (Å²) in [5.41, 5.74) is 5.57. The Balaban J connectivity index is 2.00. The second kappa shape index (κ2) is 7.56. The van der Waals surface area contributed by atoms with Crippen molar-refractivity contribution in [3.63, 3.8) is 0 Å². The van der Waals surface area contributed by atoms with Crippen LogP contribution in [0.1, 0.15) is 46.1 Å². The minimum Gasteiger partial charge on any atom is -0.404 e. The molecular weight excluding hydrogens is 324 g/mol. The third-order valence-electron chi connectivity index (χ3n) is 4.38. The van der Waals surface area contributed by atoms with E-state index in [4.69, 9.17) is 4.74 Å². The zero-order valence-electron chi connectivity index (χ0n) is 15.7. The molecule has 0 atom stereocenters. The van der Waals surface area contributed by atoms with Crippen molar-refractivity contribution in [3.8, 4) is 11.6 Å². The Labute approximate surface area is 154 Å². The van der Waals surface area contributed by atoms with E-state index in [9.17, 15) is 4.79 Å². The van der Waals surface area contributed by atoms with Gasteiger partial charge in [-0.15, -0.1) is 0 Å². The van der Waals surface area contributed by atoms with E-state index in [1.54, 1.807) is 10.7 Å². The van der Waals surface area contributed by atoms with Gasteiger partial charge in [-0.2, -0.15) is 5.10 Å². The van der Waals surface area contributed by atoms with Crippen LogP contribution in [0.4, 0.5) is 0 Å². The third kappa shape index (κ3) is 3.69. The predicted molar refractivity (Wildman–Crippen MR) is 103 cm³/mol. The number of benzene rings is 2. The fourth-order valence-electron chi connectivity index (χ4n) is 3.03. The van der Waals surface area contributed by atoms with Crippen LogP contribution in [0.5, 0.6) is 5.88 Å². The van der Waals surface area contributed by atoms with Crippen LogP contribution in [0.2, 0.25) is 0 Å². The minimum atomic E-state index is -0.364. The molecule has 134 valence electrons. The highest BCUT2D eigenvalue weighted by molar-refractivity contribution is 5.92. The molecule has 1 aromatic heterocycles. The lowest BCUT2D eigenvalue weighted by Gasteiger charge is -2.11. The van der Waals surface area contributed by atoms with Crippen molar-refractivity contribution in [3.05, 3.63) is 76.5 Å². The number of carbonyl (C=O) groups excluding carboxylic acids is 1. The molecule has 26 heavy (non-hydrogen) atoms. The summed E-state index contributed by atoms with van der Waals surface area (Å²) in [6.07, 6.45) is 1.82. The molecular formula is C22H24N2O2. The Kier molecular flexibility index (Phi) is 5.21. The topological polar surface area (TPSA) is 44.1 Å². The smallest absolute Gasteiger partial charge is 0.345 e. The zero-order chi connectivity index (χ0) is 18.7. The summed E-state index contributed by atoms with van der Waals surface area (Å²) in [6, 6.07) is 15.4. The van der Waals surface area contributed by atoms with E-state index >= 15 is 0 Å². The van der Waals surface area contributed by atoms with Crippen molar-refractivity contribution in [2.24, 2.45) is 0 Å². The quantitative estimate of drug-likeness (QED) is 0.612. The molecule has 0 aliphatic heterocycles. The average Bonchev–Trinajstić information content (AvgIpc) is 2.97. The van der Waals surface area contributed by atoms with E-state index in [0.29, 0.717) is 11.4 Å². The van der Waals surface area contributed by atoms with Crippen molar-refractivity contribution in [2.75, 3.05) is 0 Å². The summed E-state index contributed by atoms with van der Waals surface area (Å²) in [6.45, 7) is 8.10. The Morgan fingerprint density at radius 2 is 1.81 bits per heavy atom. The number of hydrogen-bond donors (Lipinski definition) is 0. The third-order valence-corrected chi connectivity index (χ3v) is 4.38. The Morgan fingerprint density at radius 3 is 2.50 bits per heavy atom. The number of hydrogen-bond acceptors (Lipinski definition) is 3. The van der Waals surface area contributed by atoms with Crippen LogP contribution in [-0.2, 0) is 6.42 Å². The van der Waals surface area contributed by atoms with E-state index in [2.05, 4.69) is 25.0 Å². The monoisotopic (exact) mass is 348 g/mol. The van der Waals surface area contributed by atoms with Crippen LogP contribution in [0, 0.1) is 20.8 Å². The summed E-state index contributed by atoms with van der Waals surface area (Å²) in [4.78, 5) is 12.7. The van der Waals surface area contributed by atoms with E-state index in [-0.39, 0.29) is 5.97 Å². The highest BCUT2D eigenvalue weighted by atomic mass is 16.5. The average molecular weight is 348 g/mol. The SMILES string of the molecule is CCCc1cc(OC(=O)c2ccccc2C)n(-c2ccc(C)cc2C)n1. The molecule has 0 saturated carbocycles. The molecule has 3 rings (SSSR count). The van der Waals surface area contributed by atoms with Crippen molar-refractivity contribution in [1.82, 2.24) is 9.78 Å².